The Hall–Kier alpha value is -0.910. The summed E-state index contributed by atoms with van der Waals surface area (Å²) in [5.41, 5.74) is 1.20. The summed E-state index contributed by atoms with van der Waals surface area (Å²) in [6, 6.07) is 7.46. The van der Waals surface area contributed by atoms with Gasteiger partial charge in [0.1, 0.15) is 0 Å². The lowest BCUT2D eigenvalue weighted by atomic mass is 9.87. The highest BCUT2D eigenvalue weighted by atomic mass is 32.2. The van der Waals surface area contributed by atoms with E-state index < -0.39 is 10.0 Å². The highest BCUT2D eigenvalue weighted by Crippen LogP contribution is 2.28. The molecule has 0 spiro atoms. The zero-order valence-corrected chi connectivity index (χ0v) is 18.3. The average Bonchev–Trinajstić information content (AvgIpc) is 2.62. The molecular formula is C22H36N2O2S. The third-order valence-corrected chi connectivity index (χ3v) is 8.10. The number of benzene rings is 1. The predicted molar refractivity (Wildman–Crippen MR) is 111 cm³/mol. The molecule has 4 nitrogen and oxygen atoms in total. The SMILES string of the molecule is C[C@@H]1CCCN(CC2CCN(S(=O)(=O)c3ccc(C(C)(C)C)cc3)CC2)C1. The Bertz CT molecular complexity index is 714. The average molecular weight is 393 g/mol. The number of hydrogen-bond donors (Lipinski definition) is 0. The number of piperidine rings is 2. The lowest BCUT2D eigenvalue weighted by Gasteiger charge is -2.37. The van der Waals surface area contributed by atoms with Crippen LogP contribution >= 0.6 is 0 Å². The number of sulfonamides is 1. The molecule has 1 atom stereocenters. The van der Waals surface area contributed by atoms with Gasteiger partial charge in [0.15, 0.2) is 0 Å². The van der Waals surface area contributed by atoms with E-state index in [4.69, 9.17) is 0 Å². The predicted octanol–water partition coefficient (Wildman–Crippen LogP) is 4.12. The first-order chi connectivity index (χ1) is 12.7. The van der Waals surface area contributed by atoms with Crippen molar-refractivity contribution in [3.8, 4) is 0 Å². The Morgan fingerprint density at radius 1 is 1.00 bits per heavy atom. The summed E-state index contributed by atoms with van der Waals surface area (Å²) in [5.74, 6) is 1.43. The van der Waals surface area contributed by atoms with E-state index in [9.17, 15) is 8.42 Å². The van der Waals surface area contributed by atoms with Crippen molar-refractivity contribution in [1.29, 1.82) is 0 Å². The van der Waals surface area contributed by atoms with Gasteiger partial charge in [-0.1, -0.05) is 39.8 Å². The molecule has 5 heteroatoms. The van der Waals surface area contributed by atoms with E-state index in [0.717, 1.165) is 30.9 Å². The van der Waals surface area contributed by atoms with Crippen molar-refractivity contribution in [1.82, 2.24) is 9.21 Å². The molecule has 0 aliphatic carbocycles. The van der Waals surface area contributed by atoms with E-state index in [0.29, 0.717) is 23.9 Å². The van der Waals surface area contributed by atoms with Gasteiger partial charge < -0.3 is 4.90 Å². The van der Waals surface area contributed by atoms with Crippen LogP contribution < -0.4 is 0 Å². The van der Waals surface area contributed by atoms with E-state index in [1.165, 1.54) is 25.9 Å². The van der Waals surface area contributed by atoms with Crippen LogP contribution in [0.5, 0.6) is 0 Å². The molecule has 27 heavy (non-hydrogen) atoms. The maximum Gasteiger partial charge on any atom is 0.243 e. The molecule has 0 saturated carbocycles. The van der Waals surface area contributed by atoms with Crippen LogP contribution in [0.3, 0.4) is 0 Å². The first kappa shape index (κ1) is 20.8. The molecule has 0 unspecified atom stereocenters. The van der Waals surface area contributed by atoms with E-state index in [2.05, 4.69) is 32.6 Å². The van der Waals surface area contributed by atoms with Gasteiger partial charge in [0, 0.05) is 26.2 Å². The maximum absolute atomic E-state index is 13.0. The minimum absolute atomic E-state index is 0.0343. The summed E-state index contributed by atoms with van der Waals surface area (Å²) in [6.07, 6.45) is 4.61. The Morgan fingerprint density at radius 2 is 1.63 bits per heavy atom. The first-order valence-corrected chi connectivity index (χ1v) is 11.9. The topological polar surface area (TPSA) is 40.6 Å². The Kier molecular flexibility index (Phi) is 6.34. The molecule has 0 radical (unpaired) electrons. The van der Waals surface area contributed by atoms with E-state index >= 15 is 0 Å². The minimum Gasteiger partial charge on any atom is -0.303 e. The Labute approximate surface area is 166 Å². The van der Waals surface area contributed by atoms with Gasteiger partial charge in [0.25, 0.3) is 0 Å². The first-order valence-electron chi connectivity index (χ1n) is 10.5. The van der Waals surface area contributed by atoms with Crippen LogP contribution in [0.15, 0.2) is 29.2 Å². The van der Waals surface area contributed by atoms with Gasteiger partial charge in [-0.15, -0.1) is 0 Å². The lowest BCUT2D eigenvalue weighted by Crippen LogP contribution is -2.43. The molecule has 152 valence electrons. The number of rotatable bonds is 4. The summed E-state index contributed by atoms with van der Waals surface area (Å²) < 4.78 is 27.7. The van der Waals surface area contributed by atoms with E-state index in [1.807, 2.05) is 12.1 Å². The Balaban J connectivity index is 1.58. The summed E-state index contributed by atoms with van der Waals surface area (Å²) in [5, 5.41) is 0. The Morgan fingerprint density at radius 3 is 2.19 bits per heavy atom. The monoisotopic (exact) mass is 392 g/mol. The zero-order valence-electron chi connectivity index (χ0n) is 17.4. The van der Waals surface area contributed by atoms with Crippen LogP contribution in [-0.2, 0) is 15.4 Å². The third kappa shape index (κ3) is 5.12. The lowest BCUT2D eigenvalue weighted by molar-refractivity contribution is 0.136. The number of hydrogen-bond acceptors (Lipinski definition) is 3. The molecule has 1 aromatic rings. The molecule has 1 aromatic carbocycles. The second-order valence-electron chi connectivity index (χ2n) is 9.63. The molecule has 2 saturated heterocycles. The molecule has 0 aromatic heterocycles. The van der Waals surface area contributed by atoms with Crippen LogP contribution in [0.2, 0.25) is 0 Å². The third-order valence-electron chi connectivity index (χ3n) is 6.19. The van der Waals surface area contributed by atoms with Gasteiger partial charge in [0.05, 0.1) is 4.90 Å². The fraction of sp³-hybridized carbons (Fsp3) is 0.727. The van der Waals surface area contributed by atoms with Gasteiger partial charge >= 0.3 is 0 Å². The van der Waals surface area contributed by atoms with Crippen molar-refractivity contribution >= 4 is 10.0 Å². The van der Waals surface area contributed by atoms with Crippen LogP contribution in [0.1, 0.15) is 58.9 Å². The quantitative estimate of drug-likeness (QED) is 0.774. The van der Waals surface area contributed by atoms with Crippen molar-refractivity contribution in [2.24, 2.45) is 11.8 Å². The van der Waals surface area contributed by atoms with Crippen molar-refractivity contribution in [2.75, 3.05) is 32.7 Å². The second-order valence-corrected chi connectivity index (χ2v) is 11.6. The van der Waals surface area contributed by atoms with Crippen LogP contribution in [0, 0.1) is 11.8 Å². The van der Waals surface area contributed by atoms with E-state index in [-0.39, 0.29) is 5.41 Å². The van der Waals surface area contributed by atoms with Crippen LogP contribution in [-0.4, -0.2) is 50.3 Å². The van der Waals surface area contributed by atoms with Crippen LogP contribution in [0.4, 0.5) is 0 Å². The molecule has 0 bridgehead atoms. The smallest absolute Gasteiger partial charge is 0.243 e. The molecular weight excluding hydrogens is 356 g/mol. The molecule has 2 heterocycles. The molecule has 2 fully saturated rings. The summed E-state index contributed by atoms with van der Waals surface area (Å²) in [6.45, 7) is 13.6. The normalized spacial score (nSPS) is 24.2. The fourth-order valence-electron chi connectivity index (χ4n) is 4.43. The zero-order chi connectivity index (χ0) is 19.7. The maximum atomic E-state index is 13.0. The fourth-order valence-corrected chi connectivity index (χ4v) is 5.90. The summed E-state index contributed by atoms with van der Waals surface area (Å²) >= 11 is 0. The van der Waals surface area contributed by atoms with Crippen LogP contribution in [0.25, 0.3) is 0 Å². The molecule has 0 amide bonds. The van der Waals surface area contributed by atoms with Gasteiger partial charge in [-0.25, -0.2) is 8.42 Å². The highest BCUT2D eigenvalue weighted by molar-refractivity contribution is 7.89. The molecule has 2 aliphatic heterocycles. The standard InChI is InChI=1S/C22H36N2O2S/c1-18-6-5-13-23(16-18)17-19-11-14-24(15-12-19)27(25,26)21-9-7-20(8-10-21)22(2,3)4/h7-10,18-19H,5-6,11-17H2,1-4H3/t18-/m1/s1. The van der Waals surface area contributed by atoms with Crippen molar-refractivity contribution < 1.29 is 8.42 Å². The van der Waals surface area contributed by atoms with Crippen molar-refractivity contribution in [3.05, 3.63) is 29.8 Å². The van der Waals surface area contributed by atoms with Gasteiger partial charge in [-0.3, -0.25) is 0 Å². The number of likely N-dealkylation sites (tertiary alicyclic amines) is 1. The van der Waals surface area contributed by atoms with Gasteiger partial charge in [0.2, 0.25) is 10.0 Å². The van der Waals surface area contributed by atoms with Crippen molar-refractivity contribution in [3.63, 3.8) is 0 Å². The largest absolute Gasteiger partial charge is 0.303 e. The number of nitrogens with zero attached hydrogens (tertiary/aromatic N) is 2. The van der Waals surface area contributed by atoms with Crippen molar-refractivity contribution in [2.45, 2.75) is 63.7 Å². The summed E-state index contributed by atoms with van der Waals surface area (Å²) in [7, 11) is -3.37. The van der Waals surface area contributed by atoms with Gasteiger partial charge in [-0.2, -0.15) is 4.31 Å². The van der Waals surface area contributed by atoms with Gasteiger partial charge in [-0.05, 0) is 67.2 Å². The molecule has 3 rings (SSSR count). The molecule has 0 N–H and O–H groups in total. The second kappa shape index (κ2) is 8.22. The summed E-state index contributed by atoms with van der Waals surface area (Å²) in [4.78, 5) is 3.02. The minimum atomic E-state index is -3.37. The van der Waals surface area contributed by atoms with E-state index in [1.54, 1.807) is 16.4 Å². The highest BCUT2D eigenvalue weighted by Gasteiger charge is 2.31. The molecule has 2 aliphatic rings.